The van der Waals surface area contributed by atoms with E-state index in [-0.39, 0.29) is 51.6 Å². The predicted molar refractivity (Wildman–Crippen MR) is 184 cm³/mol. The Bertz CT molecular complexity index is 1520. The summed E-state index contributed by atoms with van der Waals surface area (Å²) in [4.78, 5) is 68.6. The van der Waals surface area contributed by atoms with Crippen LogP contribution in [-0.4, -0.2) is 79.3 Å². The first-order chi connectivity index (χ1) is 23.1. The lowest BCUT2D eigenvalue weighted by Gasteiger charge is -2.37. The summed E-state index contributed by atoms with van der Waals surface area (Å²) in [6.45, 7) is 8.12. The number of nitrogens with two attached hydrogens (primary N) is 1. The zero-order chi connectivity index (χ0) is 35.7. The van der Waals surface area contributed by atoms with Crippen molar-refractivity contribution in [3.8, 4) is 0 Å². The molecule has 5 N–H and O–H groups in total. The van der Waals surface area contributed by atoms with E-state index in [1.165, 1.54) is 12.1 Å². The van der Waals surface area contributed by atoms with Crippen LogP contribution in [0.4, 0.5) is 4.79 Å². The molecule has 1 aromatic rings. The van der Waals surface area contributed by atoms with Gasteiger partial charge in [0, 0.05) is 12.6 Å². The molecule has 0 spiro atoms. The van der Waals surface area contributed by atoms with Crippen molar-refractivity contribution < 1.29 is 32.4 Å². The van der Waals surface area contributed by atoms with Gasteiger partial charge >= 0.3 is 6.03 Å². The van der Waals surface area contributed by atoms with Crippen LogP contribution in [0.2, 0.25) is 0 Å². The van der Waals surface area contributed by atoms with Crippen molar-refractivity contribution in [1.82, 2.24) is 20.9 Å². The number of urea groups is 1. The van der Waals surface area contributed by atoms with E-state index in [0.717, 1.165) is 51.4 Å². The van der Waals surface area contributed by atoms with Crippen LogP contribution >= 0.6 is 0 Å². The highest BCUT2D eigenvalue weighted by molar-refractivity contribution is 7.91. The maximum absolute atomic E-state index is 14.5. The van der Waals surface area contributed by atoms with Gasteiger partial charge in [0.2, 0.25) is 17.6 Å². The largest absolute Gasteiger partial charge is 0.363 e. The molecule has 1 aliphatic heterocycles. The summed E-state index contributed by atoms with van der Waals surface area (Å²) in [5.41, 5.74) is 5.16. The van der Waals surface area contributed by atoms with Crippen molar-refractivity contribution in [2.24, 2.45) is 40.7 Å². The molecule has 2 unspecified atom stereocenters. The summed E-state index contributed by atoms with van der Waals surface area (Å²) < 4.78 is 26.4. The third-order valence-corrected chi connectivity index (χ3v) is 13.5. The maximum atomic E-state index is 14.5. The summed E-state index contributed by atoms with van der Waals surface area (Å²) in [5.74, 6) is -3.31. The van der Waals surface area contributed by atoms with Gasteiger partial charge < -0.3 is 26.6 Å². The Morgan fingerprint density at radius 2 is 1.57 bits per heavy atom. The van der Waals surface area contributed by atoms with Crippen LogP contribution in [-0.2, 0) is 29.0 Å². The molecule has 0 aromatic heterocycles. The summed E-state index contributed by atoms with van der Waals surface area (Å²) in [6, 6.07) is 3.90. The van der Waals surface area contributed by atoms with Crippen LogP contribution < -0.4 is 21.7 Å². The third kappa shape index (κ3) is 8.13. The second-order valence-corrected chi connectivity index (χ2v) is 17.7. The lowest BCUT2D eigenvalue weighted by Crippen LogP contribution is -2.61. The molecule has 1 heterocycles. The number of likely N-dealkylation sites (tertiary alicyclic amines) is 1. The highest BCUT2D eigenvalue weighted by atomic mass is 32.2. The number of ketones is 1. The number of nitrogens with one attached hydrogen (secondary N) is 3. The normalized spacial score (nSPS) is 25.3. The molecule has 0 bridgehead atoms. The number of hydrogen-bond acceptors (Lipinski definition) is 7. The van der Waals surface area contributed by atoms with Crippen molar-refractivity contribution in [1.29, 1.82) is 0 Å². The third-order valence-electron chi connectivity index (χ3n) is 11.7. The second-order valence-electron chi connectivity index (χ2n) is 15.6. The summed E-state index contributed by atoms with van der Waals surface area (Å²) in [6.07, 6.45) is 7.48. The first-order valence-corrected chi connectivity index (χ1v) is 19.6. The first-order valence-electron chi connectivity index (χ1n) is 17.9. The molecule has 4 aliphatic rings. The van der Waals surface area contributed by atoms with Crippen molar-refractivity contribution >= 4 is 39.4 Å². The minimum Gasteiger partial charge on any atom is -0.363 e. The van der Waals surface area contributed by atoms with E-state index in [4.69, 9.17) is 5.73 Å². The summed E-state index contributed by atoms with van der Waals surface area (Å²) in [7, 11) is -3.70. The number of nitrogens with zero attached hydrogens (tertiary/aromatic N) is 1. The molecule has 5 rings (SSSR count). The molecule has 1 aromatic carbocycles. The molecule has 6 atom stereocenters. The lowest BCUT2D eigenvalue weighted by molar-refractivity contribution is -0.144. The Kier molecular flexibility index (Phi) is 11.1. The zero-order valence-electron chi connectivity index (χ0n) is 29.2. The molecule has 3 aliphatic carbocycles. The molecule has 0 radical (unpaired) electrons. The summed E-state index contributed by atoms with van der Waals surface area (Å²) >= 11 is 0. The molecule has 49 heavy (non-hydrogen) atoms. The number of fused-ring (bicyclic) bond motifs is 1. The highest BCUT2D eigenvalue weighted by Gasteiger charge is 2.69. The molecule has 4 fully saturated rings. The Morgan fingerprint density at radius 3 is 2.14 bits per heavy atom. The number of amides is 5. The van der Waals surface area contributed by atoms with E-state index < -0.39 is 57.6 Å². The number of sulfone groups is 1. The lowest BCUT2D eigenvalue weighted by atomic mass is 9.80. The Morgan fingerprint density at radius 1 is 0.918 bits per heavy atom. The monoisotopic (exact) mass is 699 g/mol. The number of benzene rings is 1. The maximum Gasteiger partial charge on any atom is 0.315 e. The van der Waals surface area contributed by atoms with Crippen LogP contribution in [0.5, 0.6) is 0 Å². The van der Waals surface area contributed by atoms with Gasteiger partial charge in [-0.05, 0) is 66.4 Å². The van der Waals surface area contributed by atoms with Gasteiger partial charge in [0.05, 0.1) is 16.7 Å². The van der Waals surface area contributed by atoms with Crippen molar-refractivity contribution in [3.05, 3.63) is 30.3 Å². The van der Waals surface area contributed by atoms with Crippen molar-refractivity contribution in [2.75, 3.05) is 12.3 Å². The van der Waals surface area contributed by atoms with Crippen molar-refractivity contribution in [3.63, 3.8) is 0 Å². The van der Waals surface area contributed by atoms with E-state index >= 15 is 0 Å². The second kappa shape index (κ2) is 14.8. The number of hydrogen-bond donors (Lipinski definition) is 4. The standard InChI is InChI=1S/C36H53N5O7S/c1-21(2)27(20-49(47,48)24-16-9-6-10-17-24)39-35(46)40-29(23-14-7-5-8-15-23)34(45)41-19-25-28(36(25,3)4)30(41)33(44)38-26(31(42)32(37)43)18-22-12-11-13-22/h6,9-10,16-17,21-23,25-30H,5,7-8,11-15,18-20H2,1-4H3,(H2,37,43)(H,38,44)(H2,39,40,46)/t25-,26?,27+,28?,29-,30-/m0/s1. The fraction of sp³-hybridized carbons (Fsp3) is 0.694. The number of primary amides is 1. The molecule has 13 heteroatoms. The smallest absolute Gasteiger partial charge is 0.315 e. The molecular formula is C36H53N5O7S. The topological polar surface area (TPSA) is 185 Å². The van der Waals surface area contributed by atoms with Gasteiger partial charge in [-0.3, -0.25) is 19.2 Å². The number of piperidine rings is 1. The van der Waals surface area contributed by atoms with Gasteiger partial charge in [-0.2, -0.15) is 0 Å². The average molecular weight is 700 g/mol. The SMILES string of the molecule is CC(C)[C@@H](CS(=O)(=O)c1ccccc1)NC(=O)N[C@H](C(=O)N1C[C@H]2C([C@H]1C(=O)NC(CC1CCC1)C(=O)C(N)=O)C2(C)C)C1CCCCC1. The van der Waals surface area contributed by atoms with E-state index in [2.05, 4.69) is 29.8 Å². The Hall–Kier alpha value is -3.48. The first kappa shape index (κ1) is 36.8. The van der Waals surface area contributed by atoms with Crippen LogP contribution in [0.15, 0.2) is 35.2 Å². The van der Waals surface area contributed by atoms with E-state index in [1.807, 2.05) is 13.8 Å². The van der Waals surface area contributed by atoms with Crippen molar-refractivity contribution in [2.45, 2.75) is 115 Å². The number of carbonyl (C=O) groups excluding carboxylic acids is 5. The fourth-order valence-corrected chi connectivity index (χ4v) is 9.98. The van der Waals surface area contributed by atoms with Gasteiger partial charge in [-0.1, -0.05) is 84.4 Å². The minimum atomic E-state index is -3.70. The zero-order valence-corrected chi connectivity index (χ0v) is 30.0. The number of Topliss-reactive ketones (excluding diaryl/α,β-unsaturated/α-hetero) is 1. The van der Waals surface area contributed by atoms with E-state index in [1.54, 1.807) is 23.1 Å². The van der Waals surface area contributed by atoms with Crippen LogP contribution in [0.25, 0.3) is 0 Å². The van der Waals surface area contributed by atoms with Gasteiger partial charge in [0.25, 0.3) is 5.91 Å². The van der Waals surface area contributed by atoms with E-state index in [9.17, 15) is 32.4 Å². The number of rotatable bonds is 14. The molecular weight excluding hydrogens is 646 g/mol. The Balaban J connectivity index is 1.34. The molecule has 1 saturated heterocycles. The molecule has 12 nitrogen and oxygen atoms in total. The van der Waals surface area contributed by atoms with Gasteiger partial charge in [0.1, 0.15) is 12.1 Å². The Labute approximate surface area is 290 Å². The summed E-state index contributed by atoms with van der Waals surface area (Å²) in [5, 5.41) is 8.57. The molecule has 270 valence electrons. The quantitative estimate of drug-likeness (QED) is 0.215. The van der Waals surface area contributed by atoms with Gasteiger partial charge in [0.15, 0.2) is 9.84 Å². The van der Waals surface area contributed by atoms with Gasteiger partial charge in [-0.15, -0.1) is 0 Å². The van der Waals surface area contributed by atoms with Crippen LogP contribution in [0.1, 0.15) is 85.5 Å². The predicted octanol–water partition coefficient (Wildman–Crippen LogP) is 2.95. The van der Waals surface area contributed by atoms with Crippen LogP contribution in [0.3, 0.4) is 0 Å². The van der Waals surface area contributed by atoms with Crippen LogP contribution in [0, 0.1) is 35.0 Å². The van der Waals surface area contributed by atoms with E-state index in [0.29, 0.717) is 13.0 Å². The molecule has 5 amide bonds. The molecule has 3 saturated carbocycles. The average Bonchev–Trinajstić information content (AvgIpc) is 3.35. The fourth-order valence-electron chi connectivity index (χ4n) is 8.28. The highest BCUT2D eigenvalue weighted by Crippen LogP contribution is 2.65. The van der Waals surface area contributed by atoms with Gasteiger partial charge in [-0.25, -0.2) is 13.2 Å². The number of carbonyl (C=O) groups is 5. The minimum absolute atomic E-state index is 0.0680.